The Bertz CT molecular complexity index is 1250. The fraction of sp³-hybridized carbons (Fsp3) is 0. The lowest BCUT2D eigenvalue weighted by Crippen LogP contribution is -2.49. The number of carbonyl (C=O) groups excluding carboxylic acids is 5. The van der Waals surface area contributed by atoms with Crippen LogP contribution in [0.25, 0.3) is 0 Å². The topological polar surface area (TPSA) is 117 Å². The number of hydrogen-bond donors (Lipinski definition) is 1. The van der Waals surface area contributed by atoms with Gasteiger partial charge in [-0.2, -0.15) is 10.0 Å². The maximum absolute atomic E-state index is 12.9. The number of rotatable bonds is 3. The molecular weight excluding hydrogens is 408 g/mol. The molecule has 30 heavy (non-hydrogen) atoms. The summed E-state index contributed by atoms with van der Waals surface area (Å²) in [6, 6.07) is 10.1. The van der Waals surface area contributed by atoms with Crippen molar-refractivity contribution in [3.8, 4) is 0 Å². The fourth-order valence-corrected chi connectivity index (χ4v) is 3.89. The Balaban J connectivity index is 1.48. The second-order valence-electron chi connectivity index (χ2n) is 6.44. The Morgan fingerprint density at radius 3 is 1.93 bits per heavy atom. The lowest BCUT2D eigenvalue weighted by atomic mass is 10.1. The summed E-state index contributed by atoms with van der Waals surface area (Å²) in [4.78, 5) is 67.5. The standard InChI is InChI=1S/C20H10N4O5S/c25-15(22-20-21-7-8-30-20)10-5-6-13-14(9-10)19(29)24(18(13)28)23-16(26)11-3-1-2-4-12(11)17(23)27/h1-9H,(H,21,22,25). The van der Waals surface area contributed by atoms with E-state index in [9.17, 15) is 24.0 Å². The monoisotopic (exact) mass is 418 g/mol. The van der Waals surface area contributed by atoms with E-state index >= 15 is 0 Å². The van der Waals surface area contributed by atoms with Gasteiger partial charge >= 0.3 is 0 Å². The lowest BCUT2D eigenvalue weighted by molar-refractivity contribution is 0.00845. The zero-order chi connectivity index (χ0) is 21.0. The molecule has 0 saturated heterocycles. The average Bonchev–Trinajstić information content (AvgIpc) is 3.41. The normalized spacial score (nSPS) is 14.9. The van der Waals surface area contributed by atoms with Gasteiger partial charge in [-0.3, -0.25) is 29.3 Å². The van der Waals surface area contributed by atoms with Crippen LogP contribution in [0.5, 0.6) is 0 Å². The fourth-order valence-electron chi connectivity index (χ4n) is 3.36. The molecule has 0 saturated carbocycles. The SMILES string of the molecule is O=C(Nc1nccs1)c1ccc2c(c1)C(=O)N(N1C(=O)c3ccccc3C1=O)C2=O. The first-order chi connectivity index (χ1) is 14.5. The Morgan fingerprint density at radius 1 is 0.800 bits per heavy atom. The summed E-state index contributed by atoms with van der Waals surface area (Å²) in [6.45, 7) is 0. The number of nitrogens with one attached hydrogen (secondary N) is 1. The Hall–Kier alpha value is -4.18. The van der Waals surface area contributed by atoms with Crippen molar-refractivity contribution in [3.63, 3.8) is 0 Å². The van der Waals surface area contributed by atoms with Gasteiger partial charge in [0.2, 0.25) is 0 Å². The van der Waals surface area contributed by atoms with Crippen molar-refractivity contribution >= 4 is 46.0 Å². The number of benzene rings is 2. The molecule has 0 unspecified atom stereocenters. The van der Waals surface area contributed by atoms with E-state index in [0.29, 0.717) is 15.1 Å². The maximum atomic E-state index is 12.9. The third kappa shape index (κ3) is 2.47. The number of hydrazine groups is 1. The molecule has 2 aromatic carbocycles. The van der Waals surface area contributed by atoms with E-state index in [4.69, 9.17) is 0 Å². The van der Waals surface area contributed by atoms with Gasteiger partial charge in [0.1, 0.15) is 0 Å². The molecule has 3 heterocycles. The molecule has 0 fully saturated rings. The number of aromatic nitrogens is 1. The molecule has 2 aliphatic rings. The predicted octanol–water partition coefficient (Wildman–Crippen LogP) is 2.20. The molecule has 0 aliphatic carbocycles. The van der Waals surface area contributed by atoms with Crippen LogP contribution in [0.15, 0.2) is 54.0 Å². The average molecular weight is 418 g/mol. The first-order valence-corrected chi connectivity index (χ1v) is 9.57. The van der Waals surface area contributed by atoms with E-state index in [2.05, 4.69) is 10.3 Å². The highest BCUT2D eigenvalue weighted by Gasteiger charge is 2.48. The highest BCUT2D eigenvalue weighted by atomic mass is 32.1. The van der Waals surface area contributed by atoms with Crippen LogP contribution in [0.2, 0.25) is 0 Å². The Labute approximate surface area is 172 Å². The van der Waals surface area contributed by atoms with Crippen molar-refractivity contribution in [1.29, 1.82) is 0 Å². The van der Waals surface area contributed by atoms with Gasteiger partial charge in [-0.15, -0.1) is 11.3 Å². The van der Waals surface area contributed by atoms with E-state index in [0.717, 1.165) is 0 Å². The molecule has 0 atom stereocenters. The van der Waals surface area contributed by atoms with Crippen LogP contribution < -0.4 is 5.32 Å². The smallest absolute Gasteiger partial charge is 0.281 e. The number of imide groups is 2. The molecule has 2 aliphatic heterocycles. The van der Waals surface area contributed by atoms with Crippen LogP contribution in [0, 0.1) is 0 Å². The summed E-state index contributed by atoms with van der Waals surface area (Å²) in [6.07, 6.45) is 1.53. The Kier molecular flexibility index (Phi) is 3.83. The first-order valence-electron chi connectivity index (χ1n) is 8.69. The minimum Gasteiger partial charge on any atom is -0.298 e. The second-order valence-corrected chi connectivity index (χ2v) is 7.34. The van der Waals surface area contributed by atoms with Gasteiger partial charge < -0.3 is 0 Å². The van der Waals surface area contributed by atoms with Crippen LogP contribution in [0.4, 0.5) is 5.13 Å². The van der Waals surface area contributed by atoms with Crippen molar-refractivity contribution in [3.05, 3.63) is 81.9 Å². The van der Waals surface area contributed by atoms with Crippen LogP contribution in [-0.2, 0) is 0 Å². The van der Waals surface area contributed by atoms with Gasteiger partial charge in [-0.1, -0.05) is 12.1 Å². The second kappa shape index (κ2) is 6.42. The van der Waals surface area contributed by atoms with Gasteiger partial charge in [-0.05, 0) is 30.3 Å². The first kappa shape index (κ1) is 17.9. The molecule has 10 heteroatoms. The third-order valence-corrected chi connectivity index (χ3v) is 5.44. The summed E-state index contributed by atoms with van der Waals surface area (Å²) < 4.78 is 0. The number of hydrogen-bond acceptors (Lipinski definition) is 7. The van der Waals surface area contributed by atoms with E-state index in [1.54, 1.807) is 17.5 Å². The van der Waals surface area contributed by atoms with Crippen molar-refractivity contribution < 1.29 is 24.0 Å². The van der Waals surface area contributed by atoms with Gasteiger partial charge in [-0.25, -0.2) is 4.98 Å². The van der Waals surface area contributed by atoms with Crippen molar-refractivity contribution in [2.45, 2.75) is 0 Å². The molecule has 1 aromatic heterocycles. The minimum absolute atomic E-state index is 0.00218. The van der Waals surface area contributed by atoms with Crippen LogP contribution in [-0.4, -0.2) is 44.5 Å². The number of carbonyl (C=O) groups is 5. The van der Waals surface area contributed by atoms with E-state index in [1.807, 2.05) is 0 Å². The van der Waals surface area contributed by atoms with Gasteiger partial charge in [0.25, 0.3) is 29.5 Å². The van der Waals surface area contributed by atoms with Crippen molar-refractivity contribution in [1.82, 2.24) is 15.0 Å². The molecule has 1 N–H and O–H groups in total. The third-order valence-electron chi connectivity index (χ3n) is 4.75. The minimum atomic E-state index is -0.853. The van der Waals surface area contributed by atoms with Crippen LogP contribution in [0.1, 0.15) is 51.8 Å². The summed E-state index contributed by atoms with van der Waals surface area (Å²) in [7, 11) is 0. The van der Waals surface area contributed by atoms with E-state index in [-0.39, 0.29) is 27.8 Å². The molecule has 0 spiro atoms. The summed E-state index contributed by atoms with van der Waals surface area (Å²) in [5, 5.41) is 5.74. The number of nitrogens with zero attached hydrogens (tertiary/aromatic N) is 3. The summed E-state index contributed by atoms with van der Waals surface area (Å²) in [5.74, 6) is -3.68. The lowest BCUT2D eigenvalue weighted by Gasteiger charge is -2.23. The molecule has 5 amide bonds. The van der Waals surface area contributed by atoms with Gasteiger partial charge in [0.15, 0.2) is 5.13 Å². The number of amides is 5. The van der Waals surface area contributed by atoms with E-state index < -0.39 is 29.5 Å². The number of thiazole rings is 1. The maximum Gasteiger partial charge on any atom is 0.281 e. The van der Waals surface area contributed by atoms with Gasteiger partial charge in [0.05, 0.1) is 22.3 Å². The summed E-state index contributed by atoms with van der Waals surface area (Å²) in [5.41, 5.74) is 0.296. The van der Waals surface area contributed by atoms with Crippen LogP contribution >= 0.6 is 11.3 Å². The van der Waals surface area contributed by atoms with Gasteiger partial charge in [0, 0.05) is 17.1 Å². The number of fused-ring (bicyclic) bond motifs is 2. The Morgan fingerprint density at radius 2 is 1.37 bits per heavy atom. The number of anilines is 1. The quantitative estimate of drug-likeness (QED) is 0.652. The zero-order valence-corrected chi connectivity index (χ0v) is 15.8. The predicted molar refractivity (Wildman–Crippen MR) is 104 cm³/mol. The molecule has 5 rings (SSSR count). The highest BCUT2D eigenvalue weighted by molar-refractivity contribution is 7.13. The van der Waals surface area contributed by atoms with Crippen LogP contribution in [0.3, 0.4) is 0 Å². The molecule has 0 bridgehead atoms. The molecule has 9 nitrogen and oxygen atoms in total. The van der Waals surface area contributed by atoms with Crippen molar-refractivity contribution in [2.24, 2.45) is 0 Å². The summed E-state index contributed by atoms with van der Waals surface area (Å²) >= 11 is 1.23. The zero-order valence-electron chi connectivity index (χ0n) is 15.0. The molecule has 146 valence electrons. The molecule has 3 aromatic rings. The molecular formula is C20H10N4O5S. The molecule has 0 radical (unpaired) electrons. The largest absolute Gasteiger partial charge is 0.298 e. The van der Waals surface area contributed by atoms with Crippen molar-refractivity contribution in [2.75, 3.05) is 5.32 Å². The highest BCUT2D eigenvalue weighted by Crippen LogP contribution is 2.31. The van der Waals surface area contributed by atoms with E-state index in [1.165, 1.54) is 47.9 Å².